The first-order chi connectivity index (χ1) is 10.3. The van der Waals surface area contributed by atoms with Crippen molar-refractivity contribution in [3.63, 3.8) is 0 Å². The molecule has 0 bridgehead atoms. The van der Waals surface area contributed by atoms with E-state index in [1.165, 1.54) is 0 Å². The Kier molecular flexibility index (Phi) is 4.84. The van der Waals surface area contributed by atoms with E-state index >= 15 is 0 Å². The first-order valence-electron chi connectivity index (χ1n) is 7.90. The van der Waals surface area contributed by atoms with Crippen molar-refractivity contribution >= 4 is 17.3 Å². The van der Waals surface area contributed by atoms with Crippen LogP contribution >= 0.6 is 0 Å². The summed E-state index contributed by atoms with van der Waals surface area (Å²) < 4.78 is 5.99. The highest BCUT2D eigenvalue weighted by molar-refractivity contribution is 5.82. The van der Waals surface area contributed by atoms with E-state index in [-0.39, 0.29) is 11.5 Å². The van der Waals surface area contributed by atoms with Crippen molar-refractivity contribution in [3.8, 4) is 5.75 Å². The van der Waals surface area contributed by atoms with Gasteiger partial charge >= 0.3 is 0 Å². The van der Waals surface area contributed by atoms with Crippen LogP contribution in [0, 0.1) is 0 Å². The van der Waals surface area contributed by atoms with Crippen molar-refractivity contribution in [1.82, 2.24) is 4.90 Å². The maximum Gasteiger partial charge on any atom is 0.241 e. The molecule has 2 N–H and O–H groups in total. The van der Waals surface area contributed by atoms with Gasteiger partial charge in [0.2, 0.25) is 5.91 Å². The second kappa shape index (κ2) is 6.46. The quantitative estimate of drug-likeness (QED) is 0.849. The van der Waals surface area contributed by atoms with Crippen molar-refractivity contribution in [2.45, 2.75) is 39.2 Å². The molecule has 0 aliphatic carbocycles. The molecule has 0 spiro atoms. The number of anilines is 2. The van der Waals surface area contributed by atoms with Gasteiger partial charge in [-0.3, -0.25) is 4.79 Å². The van der Waals surface area contributed by atoms with Crippen LogP contribution in [-0.4, -0.2) is 43.1 Å². The number of benzene rings is 1. The highest BCUT2D eigenvalue weighted by Crippen LogP contribution is 2.38. The number of ether oxygens (including phenoxy) is 1. The molecule has 5 nitrogen and oxygen atoms in total. The maximum atomic E-state index is 12.4. The smallest absolute Gasteiger partial charge is 0.241 e. The van der Waals surface area contributed by atoms with Crippen LogP contribution in [0.3, 0.4) is 0 Å². The molecular formula is C17H27N3O2. The van der Waals surface area contributed by atoms with Crippen LogP contribution in [-0.2, 0) is 4.79 Å². The average Bonchev–Trinajstić information content (AvgIpc) is 2.44. The van der Waals surface area contributed by atoms with Crippen LogP contribution in [0.25, 0.3) is 0 Å². The number of carbonyl (C=O) groups is 1. The molecule has 0 unspecified atom stereocenters. The molecule has 0 fully saturated rings. The van der Waals surface area contributed by atoms with E-state index in [9.17, 15) is 4.79 Å². The zero-order chi connectivity index (χ0) is 16.3. The van der Waals surface area contributed by atoms with Gasteiger partial charge in [-0.25, -0.2) is 0 Å². The third-order valence-electron chi connectivity index (χ3n) is 3.88. The van der Waals surface area contributed by atoms with Gasteiger partial charge in [0.15, 0.2) is 0 Å². The number of hydrogen-bond donors (Lipinski definition) is 1. The third kappa shape index (κ3) is 3.84. The fourth-order valence-electron chi connectivity index (χ4n) is 2.69. The summed E-state index contributed by atoms with van der Waals surface area (Å²) >= 11 is 0. The summed E-state index contributed by atoms with van der Waals surface area (Å²) in [6.07, 6.45) is 2.11. The molecule has 1 amide bonds. The van der Waals surface area contributed by atoms with Crippen LogP contribution in [0.2, 0.25) is 0 Å². The minimum Gasteiger partial charge on any atom is -0.484 e. The van der Waals surface area contributed by atoms with Crippen LogP contribution in [0.5, 0.6) is 5.75 Å². The monoisotopic (exact) mass is 305 g/mol. The normalized spacial score (nSPS) is 15.9. The second-order valence-electron chi connectivity index (χ2n) is 6.61. The topological polar surface area (TPSA) is 58.8 Å². The molecule has 0 aromatic heterocycles. The highest BCUT2D eigenvalue weighted by atomic mass is 16.5. The van der Waals surface area contributed by atoms with Gasteiger partial charge in [-0.2, -0.15) is 0 Å². The fourth-order valence-corrected chi connectivity index (χ4v) is 2.69. The van der Waals surface area contributed by atoms with Crippen LogP contribution in [0.4, 0.5) is 11.4 Å². The molecule has 1 aromatic carbocycles. The van der Waals surface area contributed by atoms with Crippen molar-refractivity contribution in [3.05, 3.63) is 18.2 Å². The van der Waals surface area contributed by atoms with E-state index < -0.39 is 0 Å². The Hall–Kier alpha value is -1.91. The minimum atomic E-state index is -0.328. The Labute approximate surface area is 133 Å². The molecular weight excluding hydrogens is 278 g/mol. The lowest BCUT2D eigenvalue weighted by atomic mass is 10.0. The summed E-state index contributed by atoms with van der Waals surface area (Å²) in [5, 5.41) is 0. The Morgan fingerprint density at radius 2 is 2.18 bits per heavy atom. The van der Waals surface area contributed by atoms with Gasteiger partial charge in [-0.05, 0) is 38.5 Å². The molecule has 22 heavy (non-hydrogen) atoms. The first kappa shape index (κ1) is 16.5. The number of amides is 1. The van der Waals surface area contributed by atoms with Gasteiger partial charge in [0, 0.05) is 19.3 Å². The van der Waals surface area contributed by atoms with Gasteiger partial charge < -0.3 is 20.3 Å². The fraction of sp³-hybridized carbons (Fsp3) is 0.588. The first-order valence-corrected chi connectivity index (χ1v) is 7.90. The summed E-state index contributed by atoms with van der Waals surface area (Å²) in [4.78, 5) is 16.3. The van der Waals surface area contributed by atoms with Crippen LogP contribution in [0.15, 0.2) is 18.2 Å². The summed E-state index contributed by atoms with van der Waals surface area (Å²) in [5.41, 5.74) is 7.14. The number of nitrogens with zero attached hydrogens (tertiary/aromatic N) is 2. The minimum absolute atomic E-state index is 0.125. The molecule has 5 heteroatoms. The zero-order valence-electron chi connectivity index (χ0n) is 14.1. The predicted molar refractivity (Wildman–Crippen MR) is 90.3 cm³/mol. The largest absolute Gasteiger partial charge is 0.484 e. The lowest BCUT2D eigenvalue weighted by Gasteiger charge is -2.41. The highest BCUT2D eigenvalue weighted by Gasteiger charge is 2.33. The lowest BCUT2D eigenvalue weighted by Crippen LogP contribution is -2.50. The Balaban J connectivity index is 2.16. The molecule has 0 saturated carbocycles. The molecule has 1 heterocycles. The van der Waals surface area contributed by atoms with Crippen molar-refractivity contribution in [2.75, 3.05) is 37.3 Å². The summed E-state index contributed by atoms with van der Waals surface area (Å²) in [6.45, 7) is 8.00. The van der Waals surface area contributed by atoms with Gasteiger partial charge in [-0.1, -0.05) is 13.3 Å². The number of hydrogen-bond acceptors (Lipinski definition) is 4. The van der Waals surface area contributed by atoms with Crippen LogP contribution < -0.4 is 15.4 Å². The molecule has 1 aromatic rings. The molecule has 0 saturated heterocycles. The number of nitrogens with two attached hydrogens (primary N) is 1. The average molecular weight is 305 g/mol. The van der Waals surface area contributed by atoms with E-state index in [1.54, 1.807) is 4.90 Å². The Morgan fingerprint density at radius 1 is 1.45 bits per heavy atom. The van der Waals surface area contributed by atoms with E-state index in [0.717, 1.165) is 30.8 Å². The molecule has 0 atom stereocenters. The number of rotatable bonds is 5. The van der Waals surface area contributed by atoms with Gasteiger partial charge in [-0.15, -0.1) is 0 Å². The Morgan fingerprint density at radius 3 is 2.86 bits per heavy atom. The molecule has 1 aliphatic heterocycles. The zero-order valence-corrected chi connectivity index (χ0v) is 14.1. The van der Waals surface area contributed by atoms with Gasteiger partial charge in [0.1, 0.15) is 11.4 Å². The van der Waals surface area contributed by atoms with Crippen LogP contribution in [0.1, 0.15) is 33.6 Å². The number of likely N-dealkylation sites (N-methyl/N-ethyl adjacent to an activating group) is 1. The SMILES string of the molecule is CCCCN(C)C(=O)CN1CC(C)(C)Oc2ccc(N)cc21. The molecule has 2 rings (SSSR count). The van der Waals surface area contributed by atoms with E-state index in [4.69, 9.17) is 10.5 Å². The second-order valence-corrected chi connectivity index (χ2v) is 6.61. The summed E-state index contributed by atoms with van der Waals surface area (Å²) in [7, 11) is 1.86. The molecule has 1 aliphatic rings. The predicted octanol–water partition coefficient (Wildman–Crippen LogP) is 2.50. The van der Waals surface area contributed by atoms with Crippen molar-refractivity contribution in [1.29, 1.82) is 0 Å². The summed E-state index contributed by atoms with van der Waals surface area (Å²) in [6, 6.07) is 5.58. The molecule has 0 radical (unpaired) electrons. The summed E-state index contributed by atoms with van der Waals surface area (Å²) in [5.74, 6) is 0.911. The number of unbranched alkanes of at least 4 members (excludes halogenated alkanes) is 1. The van der Waals surface area contributed by atoms with Crippen molar-refractivity contribution < 1.29 is 9.53 Å². The maximum absolute atomic E-state index is 12.4. The standard InChI is InChI=1S/C17H27N3O2/c1-5-6-9-19(4)16(21)11-20-12-17(2,3)22-15-8-7-13(18)10-14(15)20/h7-8,10H,5-6,9,11-12,18H2,1-4H3. The van der Waals surface area contributed by atoms with Gasteiger partial charge in [0.25, 0.3) is 0 Å². The number of fused-ring (bicyclic) bond motifs is 1. The van der Waals surface area contributed by atoms with Crippen molar-refractivity contribution in [2.24, 2.45) is 0 Å². The van der Waals surface area contributed by atoms with Gasteiger partial charge in [0.05, 0.1) is 18.8 Å². The third-order valence-corrected chi connectivity index (χ3v) is 3.88. The number of nitrogen functional groups attached to an aromatic ring is 1. The lowest BCUT2D eigenvalue weighted by molar-refractivity contribution is -0.128. The Bertz CT molecular complexity index is 543. The van der Waals surface area contributed by atoms with E-state index in [2.05, 4.69) is 11.8 Å². The van der Waals surface area contributed by atoms with E-state index in [1.807, 2.05) is 39.1 Å². The van der Waals surface area contributed by atoms with E-state index in [0.29, 0.717) is 18.8 Å². The number of carbonyl (C=O) groups excluding carboxylic acids is 1. The molecule has 122 valence electrons.